The molecule has 1 heterocycles. The number of benzene rings is 3. The largest absolute Gasteiger partial charge is 0.497 e. The highest BCUT2D eigenvalue weighted by Gasteiger charge is 2.14. The minimum absolute atomic E-state index is 0.0559. The minimum atomic E-state index is -0.160. The number of methoxy groups -OCH3 is 1. The molecule has 0 radical (unpaired) electrons. The van der Waals surface area contributed by atoms with Crippen molar-refractivity contribution in [3.8, 4) is 5.75 Å². The minimum Gasteiger partial charge on any atom is -0.497 e. The molecule has 0 aliphatic rings. The molecule has 4 rings (SSSR count). The Labute approximate surface area is 213 Å². The smallest absolute Gasteiger partial charge is 0.262 e. The number of thioether (sulfide) groups is 1. The second kappa shape index (κ2) is 11.0. The van der Waals surface area contributed by atoms with Crippen LogP contribution in [0.3, 0.4) is 0 Å². The Morgan fingerprint density at radius 2 is 1.86 bits per heavy atom. The third-order valence-electron chi connectivity index (χ3n) is 5.36. The van der Waals surface area contributed by atoms with Crippen molar-refractivity contribution in [1.29, 1.82) is 0 Å². The summed E-state index contributed by atoms with van der Waals surface area (Å²) in [6.45, 7) is 4.16. The van der Waals surface area contributed by atoms with Gasteiger partial charge in [-0.2, -0.15) is 0 Å². The van der Waals surface area contributed by atoms with Gasteiger partial charge in [0.1, 0.15) is 5.75 Å². The van der Waals surface area contributed by atoms with Crippen molar-refractivity contribution in [3.63, 3.8) is 0 Å². The van der Waals surface area contributed by atoms with Crippen molar-refractivity contribution in [2.75, 3.05) is 7.11 Å². The van der Waals surface area contributed by atoms with E-state index >= 15 is 0 Å². The Balaban J connectivity index is 1.67. The molecule has 0 bridgehead atoms. The molecule has 35 heavy (non-hydrogen) atoms. The van der Waals surface area contributed by atoms with Crippen LogP contribution in [0.5, 0.6) is 5.75 Å². The summed E-state index contributed by atoms with van der Waals surface area (Å²) in [5, 5.41) is 4.44. The summed E-state index contributed by atoms with van der Waals surface area (Å²) in [7, 11) is 1.64. The number of nitrogens with zero attached hydrogens (tertiary/aromatic N) is 2. The van der Waals surface area contributed by atoms with Crippen LogP contribution in [0.4, 0.5) is 0 Å². The highest BCUT2D eigenvalue weighted by Crippen LogP contribution is 2.25. The predicted octanol–water partition coefficient (Wildman–Crippen LogP) is 5.54. The van der Waals surface area contributed by atoms with Crippen molar-refractivity contribution in [3.05, 3.63) is 98.8 Å². The van der Waals surface area contributed by atoms with Crippen LogP contribution in [-0.2, 0) is 12.3 Å². The number of fused-ring (bicyclic) bond motifs is 1. The van der Waals surface area contributed by atoms with Gasteiger partial charge >= 0.3 is 0 Å². The van der Waals surface area contributed by atoms with E-state index in [2.05, 4.69) is 5.32 Å². The Hall–Kier alpha value is -3.29. The van der Waals surface area contributed by atoms with E-state index in [-0.39, 0.29) is 17.5 Å². The third-order valence-corrected chi connectivity index (χ3v) is 6.64. The van der Waals surface area contributed by atoms with E-state index in [1.807, 2.05) is 50.2 Å². The van der Waals surface area contributed by atoms with Crippen LogP contribution >= 0.6 is 23.4 Å². The van der Waals surface area contributed by atoms with Gasteiger partial charge in [0.2, 0.25) is 0 Å². The maximum atomic E-state index is 13.5. The van der Waals surface area contributed by atoms with Crippen LogP contribution < -0.4 is 15.6 Å². The zero-order valence-corrected chi connectivity index (χ0v) is 21.3. The van der Waals surface area contributed by atoms with Gasteiger partial charge in [-0.05, 0) is 67.4 Å². The number of halogens is 1. The van der Waals surface area contributed by atoms with Gasteiger partial charge in [-0.1, -0.05) is 47.6 Å². The molecule has 0 saturated heterocycles. The molecule has 1 N–H and O–H groups in total. The van der Waals surface area contributed by atoms with E-state index in [1.165, 1.54) is 11.8 Å². The number of hydrogen-bond donors (Lipinski definition) is 1. The lowest BCUT2D eigenvalue weighted by Gasteiger charge is -2.14. The predicted molar refractivity (Wildman–Crippen MR) is 142 cm³/mol. The molecule has 0 fully saturated rings. The third kappa shape index (κ3) is 6.05. The van der Waals surface area contributed by atoms with Gasteiger partial charge in [0.15, 0.2) is 5.16 Å². The SMILES string of the molecule is COc1cccc(CSc2nc3ccc(Cl)cc3c(=O)n2Cc2ccc(C(=O)NC(C)C)cc2)c1. The topological polar surface area (TPSA) is 73.2 Å². The van der Waals surface area contributed by atoms with Crippen molar-refractivity contribution in [2.45, 2.75) is 37.3 Å². The second-order valence-electron chi connectivity index (χ2n) is 8.41. The van der Waals surface area contributed by atoms with Crippen LogP contribution in [0.1, 0.15) is 35.3 Å². The lowest BCUT2D eigenvalue weighted by molar-refractivity contribution is 0.0943. The Kier molecular flexibility index (Phi) is 7.78. The summed E-state index contributed by atoms with van der Waals surface area (Å²) < 4.78 is 6.98. The summed E-state index contributed by atoms with van der Waals surface area (Å²) in [6, 6.07) is 20.3. The molecule has 8 heteroatoms. The van der Waals surface area contributed by atoms with Crippen LogP contribution in [-0.4, -0.2) is 28.6 Å². The van der Waals surface area contributed by atoms with E-state index in [4.69, 9.17) is 21.3 Å². The Morgan fingerprint density at radius 3 is 2.57 bits per heavy atom. The molecule has 1 aromatic heterocycles. The number of rotatable bonds is 8. The molecule has 1 amide bonds. The summed E-state index contributed by atoms with van der Waals surface area (Å²) >= 11 is 7.65. The van der Waals surface area contributed by atoms with Gasteiger partial charge in [0.05, 0.1) is 24.6 Å². The molecular formula is C27H26ClN3O3S. The summed E-state index contributed by atoms with van der Waals surface area (Å²) in [5.74, 6) is 1.28. The zero-order chi connectivity index (χ0) is 24.9. The number of nitrogens with one attached hydrogen (secondary N) is 1. The summed E-state index contributed by atoms with van der Waals surface area (Å²) in [5.41, 5.74) is 2.97. The van der Waals surface area contributed by atoms with Gasteiger partial charge in [0, 0.05) is 22.4 Å². The van der Waals surface area contributed by atoms with Crippen LogP contribution in [0.2, 0.25) is 5.02 Å². The highest BCUT2D eigenvalue weighted by atomic mass is 35.5. The molecule has 0 atom stereocenters. The molecule has 0 aliphatic carbocycles. The fourth-order valence-electron chi connectivity index (χ4n) is 3.62. The fraction of sp³-hybridized carbons (Fsp3) is 0.222. The Bertz CT molecular complexity index is 1420. The first-order valence-electron chi connectivity index (χ1n) is 11.2. The first-order chi connectivity index (χ1) is 16.8. The zero-order valence-electron chi connectivity index (χ0n) is 19.7. The quantitative estimate of drug-likeness (QED) is 0.250. The van der Waals surface area contributed by atoms with Crippen molar-refractivity contribution in [1.82, 2.24) is 14.9 Å². The number of amides is 1. The second-order valence-corrected chi connectivity index (χ2v) is 9.79. The molecule has 4 aromatic rings. The molecular weight excluding hydrogens is 482 g/mol. The van der Waals surface area contributed by atoms with Gasteiger partial charge in [-0.15, -0.1) is 0 Å². The molecule has 0 aliphatic heterocycles. The van der Waals surface area contributed by atoms with Crippen molar-refractivity contribution >= 4 is 40.2 Å². The maximum Gasteiger partial charge on any atom is 0.262 e. The monoisotopic (exact) mass is 507 g/mol. The van der Waals surface area contributed by atoms with Gasteiger partial charge in [-0.3, -0.25) is 14.2 Å². The molecule has 6 nitrogen and oxygen atoms in total. The van der Waals surface area contributed by atoms with E-state index in [0.29, 0.717) is 38.9 Å². The van der Waals surface area contributed by atoms with Crippen molar-refractivity contribution in [2.24, 2.45) is 0 Å². The highest BCUT2D eigenvalue weighted by molar-refractivity contribution is 7.98. The number of carbonyl (C=O) groups excluding carboxylic acids is 1. The lowest BCUT2D eigenvalue weighted by atomic mass is 10.1. The van der Waals surface area contributed by atoms with Gasteiger partial charge in [-0.25, -0.2) is 4.98 Å². The number of hydrogen-bond acceptors (Lipinski definition) is 5. The molecule has 0 spiro atoms. The average Bonchev–Trinajstić information content (AvgIpc) is 2.85. The normalized spacial score (nSPS) is 11.1. The lowest BCUT2D eigenvalue weighted by Crippen LogP contribution is -2.30. The first kappa shape index (κ1) is 24.8. The van der Waals surface area contributed by atoms with Crippen LogP contribution in [0, 0.1) is 0 Å². The number of ether oxygens (including phenoxy) is 1. The van der Waals surface area contributed by atoms with E-state index < -0.39 is 0 Å². The number of aromatic nitrogens is 2. The van der Waals surface area contributed by atoms with E-state index in [9.17, 15) is 9.59 Å². The molecule has 180 valence electrons. The standard InChI is InChI=1S/C27H26ClN3O3S/c1-17(2)29-25(32)20-9-7-18(8-10-20)15-31-26(33)23-14-21(28)11-12-24(23)30-27(31)35-16-19-5-4-6-22(13-19)34-3/h4-14,17H,15-16H2,1-3H3,(H,29,32). The average molecular weight is 508 g/mol. The number of carbonyl (C=O) groups is 1. The fourth-order valence-corrected chi connectivity index (χ4v) is 4.74. The molecule has 0 unspecified atom stereocenters. The van der Waals surface area contributed by atoms with E-state index in [0.717, 1.165) is 16.9 Å². The van der Waals surface area contributed by atoms with Crippen LogP contribution in [0.25, 0.3) is 10.9 Å². The van der Waals surface area contributed by atoms with Crippen molar-refractivity contribution < 1.29 is 9.53 Å². The van der Waals surface area contributed by atoms with Gasteiger partial charge in [0.25, 0.3) is 11.5 Å². The van der Waals surface area contributed by atoms with Crippen LogP contribution in [0.15, 0.2) is 76.7 Å². The Morgan fingerprint density at radius 1 is 1.09 bits per heavy atom. The first-order valence-corrected chi connectivity index (χ1v) is 12.6. The maximum absolute atomic E-state index is 13.5. The summed E-state index contributed by atoms with van der Waals surface area (Å²) in [4.78, 5) is 30.5. The van der Waals surface area contributed by atoms with Gasteiger partial charge < -0.3 is 10.1 Å². The summed E-state index contributed by atoms with van der Waals surface area (Å²) in [6.07, 6.45) is 0. The molecule has 0 saturated carbocycles. The van der Waals surface area contributed by atoms with E-state index in [1.54, 1.807) is 42.0 Å². The molecule has 3 aromatic carbocycles.